The Kier molecular flexibility index (Phi) is 4.25. The van der Waals surface area contributed by atoms with E-state index in [0.29, 0.717) is 29.2 Å². The van der Waals surface area contributed by atoms with Crippen LogP contribution in [0.3, 0.4) is 0 Å². The normalized spacial score (nSPS) is 10.5. The molecule has 4 aromatic rings. The Bertz CT molecular complexity index is 1130. The number of hydrogen-bond donors (Lipinski definition) is 1. The molecule has 0 atom stereocenters. The summed E-state index contributed by atoms with van der Waals surface area (Å²) in [6, 6.07) is 16.8. The second-order valence-electron chi connectivity index (χ2n) is 5.81. The van der Waals surface area contributed by atoms with Crippen LogP contribution in [0, 0.1) is 11.3 Å². The third-order valence-corrected chi connectivity index (χ3v) is 3.88. The van der Waals surface area contributed by atoms with E-state index in [0.717, 1.165) is 11.3 Å². The van der Waals surface area contributed by atoms with E-state index in [1.807, 2.05) is 24.3 Å². The molecule has 2 N–H and O–H groups in total. The van der Waals surface area contributed by atoms with Gasteiger partial charge in [0.1, 0.15) is 5.69 Å². The first kappa shape index (κ1) is 16.4. The fourth-order valence-electron chi connectivity index (χ4n) is 2.64. The van der Waals surface area contributed by atoms with Crippen molar-refractivity contribution in [2.45, 2.75) is 6.54 Å². The van der Waals surface area contributed by atoms with Gasteiger partial charge in [-0.25, -0.2) is 14.6 Å². The fourth-order valence-corrected chi connectivity index (χ4v) is 2.64. The minimum Gasteiger partial charge on any atom is -0.368 e. The Balaban J connectivity index is 1.66. The van der Waals surface area contributed by atoms with Crippen molar-refractivity contribution in [1.29, 1.82) is 5.26 Å². The molecule has 0 saturated carbocycles. The number of pyridine rings is 1. The van der Waals surface area contributed by atoms with E-state index in [9.17, 15) is 0 Å². The standard InChI is InChI=1S/C19H14N8/c20-10-13-4-3-5-14(8-13)16-9-17(24-19(21)23-16)18-12-27(26-25-18)11-15-6-1-2-7-22-15/h1-9,12H,11H2,(H2,21,23,24). The van der Waals surface area contributed by atoms with Crippen molar-refractivity contribution in [2.24, 2.45) is 0 Å². The molecule has 0 bridgehead atoms. The van der Waals surface area contributed by atoms with Crippen molar-refractivity contribution in [3.05, 3.63) is 72.2 Å². The van der Waals surface area contributed by atoms with Crippen molar-refractivity contribution in [3.63, 3.8) is 0 Å². The minimum atomic E-state index is 0.129. The molecule has 130 valence electrons. The van der Waals surface area contributed by atoms with E-state index >= 15 is 0 Å². The van der Waals surface area contributed by atoms with Crippen LogP contribution in [0.4, 0.5) is 5.95 Å². The Hall–Kier alpha value is -4.12. The second kappa shape index (κ2) is 7.01. The molecular weight excluding hydrogens is 340 g/mol. The van der Waals surface area contributed by atoms with Crippen LogP contribution >= 0.6 is 0 Å². The summed E-state index contributed by atoms with van der Waals surface area (Å²) in [6.07, 6.45) is 3.52. The number of nitrogens with two attached hydrogens (primary N) is 1. The first-order chi connectivity index (χ1) is 13.2. The summed E-state index contributed by atoms with van der Waals surface area (Å²) in [7, 11) is 0. The molecule has 8 nitrogen and oxygen atoms in total. The molecule has 0 spiro atoms. The maximum Gasteiger partial charge on any atom is 0.221 e. The maximum absolute atomic E-state index is 9.09. The van der Waals surface area contributed by atoms with Crippen LogP contribution in [0.5, 0.6) is 0 Å². The Morgan fingerprint density at radius 1 is 1.00 bits per heavy atom. The number of nitrogens with zero attached hydrogens (tertiary/aromatic N) is 7. The zero-order valence-electron chi connectivity index (χ0n) is 14.2. The first-order valence-electron chi connectivity index (χ1n) is 8.17. The number of rotatable bonds is 4. The molecule has 0 aliphatic rings. The molecule has 0 aliphatic carbocycles. The summed E-state index contributed by atoms with van der Waals surface area (Å²) in [6.45, 7) is 0.505. The van der Waals surface area contributed by atoms with Crippen molar-refractivity contribution in [1.82, 2.24) is 29.9 Å². The van der Waals surface area contributed by atoms with E-state index < -0.39 is 0 Å². The van der Waals surface area contributed by atoms with E-state index in [-0.39, 0.29) is 5.95 Å². The predicted octanol–water partition coefficient (Wildman–Crippen LogP) is 2.30. The topological polar surface area (TPSA) is 119 Å². The van der Waals surface area contributed by atoms with Crippen LogP contribution in [0.25, 0.3) is 22.6 Å². The number of nitriles is 1. The van der Waals surface area contributed by atoms with Gasteiger partial charge in [-0.2, -0.15) is 5.26 Å². The fraction of sp³-hybridized carbons (Fsp3) is 0.0526. The lowest BCUT2D eigenvalue weighted by atomic mass is 10.1. The molecule has 0 unspecified atom stereocenters. The van der Waals surface area contributed by atoms with Gasteiger partial charge in [0, 0.05) is 11.8 Å². The Labute approximate surface area is 155 Å². The summed E-state index contributed by atoms with van der Waals surface area (Å²) in [5.74, 6) is 0.129. The molecule has 27 heavy (non-hydrogen) atoms. The number of hydrogen-bond acceptors (Lipinski definition) is 7. The number of nitrogen functional groups attached to an aromatic ring is 1. The summed E-state index contributed by atoms with van der Waals surface area (Å²) in [5.41, 5.74) is 9.86. The Morgan fingerprint density at radius 3 is 2.70 bits per heavy atom. The molecule has 0 aliphatic heterocycles. The van der Waals surface area contributed by atoms with Crippen LogP contribution in [-0.4, -0.2) is 29.9 Å². The SMILES string of the molecule is N#Cc1cccc(-c2cc(-c3cn(Cc4ccccn4)nn3)nc(N)n2)c1. The zero-order valence-corrected chi connectivity index (χ0v) is 14.2. The highest BCUT2D eigenvalue weighted by Gasteiger charge is 2.11. The highest BCUT2D eigenvalue weighted by atomic mass is 15.4. The van der Waals surface area contributed by atoms with E-state index in [4.69, 9.17) is 11.0 Å². The van der Waals surface area contributed by atoms with Gasteiger partial charge in [0.25, 0.3) is 0 Å². The lowest BCUT2D eigenvalue weighted by Crippen LogP contribution is -2.01. The molecule has 4 rings (SSSR count). The summed E-state index contributed by atoms with van der Waals surface area (Å²) < 4.78 is 1.69. The zero-order chi connectivity index (χ0) is 18.6. The van der Waals surface area contributed by atoms with Crippen LogP contribution in [0.1, 0.15) is 11.3 Å². The molecule has 0 amide bonds. The van der Waals surface area contributed by atoms with Gasteiger partial charge < -0.3 is 5.73 Å². The third kappa shape index (κ3) is 3.62. The second-order valence-corrected chi connectivity index (χ2v) is 5.81. The van der Waals surface area contributed by atoms with E-state index in [1.165, 1.54) is 0 Å². The van der Waals surface area contributed by atoms with Crippen LogP contribution < -0.4 is 5.73 Å². The smallest absolute Gasteiger partial charge is 0.221 e. The molecule has 0 saturated heterocycles. The number of aromatic nitrogens is 6. The van der Waals surface area contributed by atoms with Gasteiger partial charge in [0.05, 0.1) is 41.5 Å². The van der Waals surface area contributed by atoms with Gasteiger partial charge in [-0.3, -0.25) is 4.98 Å². The van der Waals surface area contributed by atoms with Crippen molar-refractivity contribution < 1.29 is 0 Å². The average molecular weight is 354 g/mol. The van der Waals surface area contributed by atoms with E-state index in [1.54, 1.807) is 41.3 Å². The number of benzene rings is 1. The Morgan fingerprint density at radius 2 is 1.89 bits per heavy atom. The summed E-state index contributed by atoms with van der Waals surface area (Å²) in [4.78, 5) is 12.8. The first-order valence-corrected chi connectivity index (χ1v) is 8.17. The predicted molar refractivity (Wildman–Crippen MR) is 99.0 cm³/mol. The molecule has 1 aromatic carbocycles. The monoisotopic (exact) mass is 354 g/mol. The van der Waals surface area contributed by atoms with Crippen LogP contribution in [0.15, 0.2) is 60.9 Å². The number of anilines is 1. The molecule has 8 heteroatoms. The van der Waals surface area contributed by atoms with Gasteiger partial charge in [-0.15, -0.1) is 5.10 Å². The van der Waals surface area contributed by atoms with Crippen LogP contribution in [-0.2, 0) is 6.54 Å². The quantitative estimate of drug-likeness (QED) is 0.597. The third-order valence-electron chi connectivity index (χ3n) is 3.88. The minimum absolute atomic E-state index is 0.129. The molecule has 3 heterocycles. The summed E-state index contributed by atoms with van der Waals surface area (Å²) >= 11 is 0. The van der Waals surface area contributed by atoms with Crippen LogP contribution in [0.2, 0.25) is 0 Å². The summed E-state index contributed by atoms with van der Waals surface area (Å²) in [5, 5.41) is 17.4. The lowest BCUT2D eigenvalue weighted by Gasteiger charge is -2.04. The lowest BCUT2D eigenvalue weighted by molar-refractivity contribution is 0.639. The van der Waals surface area contributed by atoms with Crippen molar-refractivity contribution in [2.75, 3.05) is 5.73 Å². The van der Waals surface area contributed by atoms with Gasteiger partial charge in [-0.1, -0.05) is 23.4 Å². The maximum atomic E-state index is 9.09. The largest absolute Gasteiger partial charge is 0.368 e. The highest BCUT2D eigenvalue weighted by molar-refractivity contribution is 5.68. The van der Waals surface area contributed by atoms with Gasteiger partial charge in [0.2, 0.25) is 5.95 Å². The molecule has 3 aromatic heterocycles. The van der Waals surface area contributed by atoms with Gasteiger partial charge in [-0.05, 0) is 30.3 Å². The van der Waals surface area contributed by atoms with Crippen molar-refractivity contribution in [3.8, 4) is 28.7 Å². The van der Waals surface area contributed by atoms with Gasteiger partial charge in [0.15, 0.2) is 0 Å². The van der Waals surface area contributed by atoms with Crippen molar-refractivity contribution >= 4 is 5.95 Å². The van der Waals surface area contributed by atoms with E-state index in [2.05, 4.69) is 31.3 Å². The molecule has 0 radical (unpaired) electrons. The molecule has 0 fully saturated rings. The highest BCUT2D eigenvalue weighted by Crippen LogP contribution is 2.24. The average Bonchev–Trinajstić information content (AvgIpc) is 3.17. The van der Waals surface area contributed by atoms with Gasteiger partial charge >= 0.3 is 0 Å². The molecular formula is C19H14N8.